The van der Waals surface area contributed by atoms with Gasteiger partial charge in [-0.2, -0.15) is 0 Å². The lowest BCUT2D eigenvalue weighted by Gasteiger charge is -2.48. The Kier molecular flexibility index (Phi) is 5.27. The smallest absolute Gasteiger partial charge is 0.0702 e. The average molecular weight is 268 g/mol. The first-order chi connectivity index (χ1) is 9.08. The third kappa shape index (κ3) is 3.71. The number of rotatable bonds is 5. The minimum Gasteiger partial charge on any atom is -0.377 e. The van der Waals surface area contributed by atoms with Crippen LogP contribution in [0, 0.1) is 5.92 Å². The monoisotopic (exact) mass is 268 g/mol. The Morgan fingerprint density at radius 2 is 2.21 bits per heavy atom. The maximum atomic E-state index is 5.86. The van der Waals surface area contributed by atoms with Crippen molar-refractivity contribution in [2.75, 3.05) is 26.2 Å². The van der Waals surface area contributed by atoms with Gasteiger partial charge in [0.15, 0.2) is 0 Å². The van der Waals surface area contributed by atoms with Gasteiger partial charge in [-0.15, -0.1) is 0 Å². The molecule has 0 aromatic rings. The lowest BCUT2D eigenvalue weighted by Crippen LogP contribution is -2.65. The summed E-state index contributed by atoms with van der Waals surface area (Å²) >= 11 is 0. The average Bonchev–Trinajstić information content (AvgIpc) is 2.91. The molecular weight excluding hydrogens is 236 g/mol. The normalized spacial score (nSPS) is 38.5. The van der Waals surface area contributed by atoms with E-state index in [0.29, 0.717) is 12.1 Å². The van der Waals surface area contributed by atoms with Crippen molar-refractivity contribution in [2.24, 2.45) is 5.92 Å². The van der Waals surface area contributed by atoms with Crippen LogP contribution in [0.1, 0.15) is 53.4 Å². The number of nitrogens with one attached hydrogen (secondary N) is 1. The van der Waals surface area contributed by atoms with E-state index in [1.165, 1.54) is 32.2 Å². The van der Waals surface area contributed by atoms with Crippen molar-refractivity contribution in [3.8, 4) is 0 Å². The molecule has 2 aliphatic rings. The molecule has 4 unspecified atom stereocenters. The standard InChI is InChI=1S/C16H32N2O/c1-5-13(3)15-10-17-16(4,6-2)12-18(15)11-14-8-7-9-19-14/h13-15,17H,5-12H2,1-4H3. The molecule has 1 N–H and O–H groups in total. The van der Waals surface area contributed by atoms with E-state index in [1.54, 1.807) is 0 Å². The van der Waals surface area contributed by atoms with Gasteiger partial charge in [0.2, 0.25) is 0 Å². The summed E-state index contributed by atoms with van der Waals surface area (Å²) in [4.78, 5) is 2.71. The van der Waals surface area contributed by atoms with E-state index in [-0.39, 0.29) is 5.54 Å². The molecule has 2 fully saturated rings. The van der Waals surface area contributed by atoms with Gasteiger partial charge in [-0.3, -0.25) is 4.90 Å². The van der Waals surface area contributed by atoms with Gasteiger partial charge in [-0.25, -0.2) is 0 Å². The fourth-order valence-corrected chi connectivity index (χ4v) is 3.42. The van der Waals surface area contributed by atoms with Crippen molar-refractivity contribution in [1.82, 2.24) is 10.2 Å². The van der Waals surface area contributed by atoms with Gasteiger partial charge in [0.1, 0.15) is 0 Å². The Hall–Kier alpha value is -0.120. The zero-order valence-corrected chi connectivity index (χ0v) is 13.2. The Morgan fingerprint density at radius 3 is 2.79 bits per heavy atom. The van der Waals surface area contributed by atoms with Gasteiger partial charge in [0.05, 0.1) is 6.10 Å². The van der Waals surface area contributed by atoms with E-state index in [0.717, 1.165) is 25.6 Å². The zero-order chi connectivity index (χ0) is 13.9. The molecule has 0 spiro atoms. The van der Waals surface area contributed by atoms with Gasteiger partial charge >= 0.3 is 0 Å². The first kappa shape index (κ1) is 15.3. The van der Waals surface area contributed by atoms with Crippen LogP contribution in [-0.4, -0.2) is 48.8 Å². The van der Waals surface area contributed by atoms with E-state index >= 15 is 0 Å². The minimum absolute atomic E-state index is 0.280. The van der Waals surface area contributed by atoms with Crippen LogP contribution in [0.15, 0.2) is 0 Å². The van der Waals surface area contributed by atoms with Crippen molar-refractivity contribution >= 4 is 0 Å². The van der Waals surface area contributed by atoms with E-state index in [1.807, 2.05) is 0 Å². The summed E-state index contributed by atoms with van der Waals surface area (Å²) in [6, 6.07) is 0.675. The highest BCUT2D eigenvalue weighted by molar-refractivity contribution is 4.96. The molecule has 2 heterocycles. The third-order valence-corrected chi connectivity index (χ3v) is 5.30. The molecule has 3 heteroatoms. The van der Waals surface area contributed by atoms with Gasteiger partial charge in [-0.05, 0) is 32.1 Å². The Balaban J connectivity index is 2.01. The van der Waals surface area contributed by atoms with Crippen LogP contribution in [0.2, 0.25) is 0 Å². The largest absolute Gasteiger partial charge is 0.377 e. The SMILES string of the molecule is CCC(C)C1CNC(C)(CC)CN1CC1CCCO1. The molecule has 0 aromatic carbocycles. The van der Waals surface area contributed by atoms with Gasteiger partial charge in [-0.1, -0.05) is 27.2 Å². The van der Waals surface area contributed by atoms with Crippen molar-refractivity contribution in [2.45, 2.75) is 71.1 Å². The molecule has 112 valence electrons. The van der Waals surface area contributed by atoms with Crippen LogP contribution in [0.4, 0.5) is 0 Å². The summed E-state index contributed by atoms with van der Waals surface area (Å²) < 4.78 is 5.86. The highest BCUT2D eigenvalue weighted by Crippen LogP contribution is 2.26. The number of ether oxygens (including phenoxy) is 1. The lowest BCUT2D eigenvalue weighted by atomic mass is 9.88. The van der Waals surface area contributed by atoms with Gasteiger partial charge in [0, 0.05) is 37.8 Å². The zero-order valence-electron chi connectivity index (χ0n) is 13.2. The Morgan fingerprint density at radius 1 is 1.42 bits per heavy atom. The van der Waals surface area contributed by atoms with Gasteiger partial charge in [0.25, 0.3) is 0 Å². The van der Waals surface area contributed by atoms with Crippen LogP contribution in [0.5, 0.6) is 0 Å². The van der Waals surface area contributed by atoms with Gasteiger partial charge < -0.3 is 10.1 Å². The van der Waals surface area contributed by atoms with Crippen molar-refractivity contribution in [1.29, 1.82) is 0 Å². The maximum Gasteiger partial charge on any atom is 0.0702 e. The predicted molar refractivity (Wildman–Crippen MR) is 80.5 cm³/mol. The molecule has 2 aliphatic heterocycles. The summed E-state index contributed by atoms with van der Waals surface area (Å²) in [5.41, 5.74) is 0.280. The fourth-order valence-electron chi connectivity index (χ4n) is 3.42. The van der Waals surface area contributed by atoms with E-state index < -0.39 is 0 Å². The second-order valence-corrected chi connectivity index (χ2v) is 6.81. The molecule has 0 aromatic heterocycles. The van der Waals surface area contributed by atoms with Crippen LogP contribution in [-0.2, 0) is 4.74 Å². The number of nitrogens with zero attached hydrogens (tertiary/aromatic N) is 1. The summed E-state index contributed by atoms with van der Waals surface area (Å²) in [5.74, 6) is 0.760. The molecule has 2 saturated heterocycles. The van der Waals surface area contributed by atoms with E-state index in [2.05, 4.69) is 37.9 Å². The molecule has 0 saturated carbocycles. The second kappa shape index (κ2) is 6.55. The summed E-state index contributed by atoms with van der Waals surface area (Å²) in [6.45, 7) is 13.8. The molecule has 0 radical (unpaired) electrons. The van der Waals surface area contributed by atoms with Crippen LogP contribution in [0.25, 0.3) is 0 Å². The van der Waals surface area contributed by atoms with Crippen LogP contribution < -0.4 is 5.32 Å². The number of hydrogen-bond donors (Lipinski definition) is 1. The van der Waals surface area contributed by atoms with Crippen LogP contribution >= 0.6 is 0 Å². The molecule has 0 aliphatic carbocycles. The van der Waals surface area contributed by atoms with Crippen molar-refractivity contribution in [3.05, 3.63) is 0 Å². The van der Waals surface area contributed by atoms with Crippen molar-refractivity contribution < 1.29 is 4.74 Å². The first-order valence-corrected chi connectivity index (χ1v) is 8.18. The molecule has 0 amide bonds. The number of hydrogen-bond acceptors (Lipinski definition) is 3. The van der Waals surface area contributed by atoms with E-state index in [4.69, 9.17) is 4.74 Å². The highest BCUT2D eigenvalue weighted by Gasteiger charge is 2.37. The number of piperazine rings is 1. The fraction of sp³-hybridized carbons (Fsp3) is 1.00. The second-order valence-electron chi connectivity index (χ2n) is 6.81. The molecule has 19 heavy (non-hydrogen) atoms. The highest BCUT2D eigenvalue weighted by atomic mass is 16.5. The predicted octanol–water partition coefficient (Wildman–Crippen LogP) is 2.65. The molecular formula is C16H32N2O. The van der Waals surface area contributed by atoms with E-state index in [9.17, 15) is 0 Å². The lowest BCUT2D eigenvalue weighted by molar-refractivity contribution is 0.00613. The topological polar surface area (TPSA) is 24.5 Å². The third-order valence-electron chi connectivity index (χ3n) is 5.30. The Bertz CT molecular complexity index is 278. The first-order valence-electron chi connectivity index (χ1n) is 8.18. The maximum absolute atomic E-state index is 5.86. The minimum atomic E-state index is 0.280. The molecule has 4 atom stereocenters. The van der Waals surface area contributed by atoms with Crippen LogP contribution in [0.3, 0.4) is 0 Å². The quantitative estimate of drug-likeness (QED) is 0.829. The summed E-state index contributed by atoms with van der Waals surface area (Å²) in [6.07, 6.45) is 5.43. The van der Waals surface area contributed by atoms with Crippen molar-refractivity contribution in [3.63, 3.8) is 0 Å². The molecule has 3 nitrogen and oxygen atoms in total. The summed E-state index contributed by atoms with van der Waals surface area (Å²) in [5, 5.41) is 3.78. The summed E-state index contributed by atoms with van der Waals surface area (Å²) in [7, 11) is 0. The molecule has 0 bridgehead atoms. The Labute approximate surface area is 119 Å². The molecule has 2 rings (SSSR count).